The largest absolute Gasteiger partial charge is 0.337 e. The molecule has 1 atom stereocenters. The van der Waals surface area contributed by atoms with Crippen LogP contribution >= 0.6 is 0 Å². The molecule has 0 radical (unpaired) electrons. The summed E-state index contributed by atoms with van der Waals surface area (Å²) in [4.78, 5) is 6.73. The van der Waals surface area contributed by atoms with Crippen LogP contribution in [-0.2, 0) is 0 Å². The van der Waals surface area contributed by atoms with Crippen LogP contribution in [0.15, 0.2) is 0 Å². The van der Waals surface area contributed by atoms with Gasteiger partial charge in [-0.3, -0.25) is 5.10 Å². The number of hydrogen-bond donors (Lipinski definition) is 2. The van der Waals surface area contributed by atoms with Gasteiger partial charge in [0.25, 0.3) is 0 Å². The first kappa shape index (κ1) is 10.4. The maximum atomic E-state index is 4.50. The fourth-order valence-electron chi connectivity index (χ4n) is 1.78. The van der Waals surface area contributed by atoms with Crippen LogP contribution in [0.4, 0.5) is 5.95 Å². The molecule has 0 aliphatic carbocycles. The Hall–Kier alpha value is -1.10. The lowest BCUT2D eigenvalue weighted by molar-refractivity contribution is 0.479. The van der Waals surface area contributed by atoms with Gasteiger partial charge < -0.3 is 10.2 Å². The molecule has 5 nitrogen and oxygen atoms in total. The molecule has 0 bridgehead atoms. The molecule has 5 heteroatoms. The molecule has 1 aliphatic rings. The van der Waals surface area contributed by atoms with Crippen LogP contribution in [-0.4, -0.2) is 40.9 Å². The zero-order valence-corrected chi connectivity index (χ0v) is 9.62. The van der Waals surface area contributed by atoms with Gasteiger partial charge in [-0.25, -0.2) is 0 Å². The van der Waals surface area contributed by atoms with Gasteiger partial charge >= 0.3 is 0 Å². The van der Waals surface area contributed by atoms with E-state index in [1.165, 1.54) is 0 Å². The minimum absolute atomic E-state index is 0.409. The Morgan fingerprint density at radius 2 is 2.27 bits per heavy atom. The van der Waals surface area contributed by atoms with E-state index in [9.17, 15) is 0 Å². The SMILES string of the molecule is CC(C)c1nc(N2CCN[C@@H](C)C2)n[nH]1. The average Bonchev–Trinajstić information content (AvgIpc) is 2.66. The van der Waals surface area contributed by atoms with Crippen LogP contribution < -0.4 is 10.2 Å². The monoisotopic (exact) mass is 209 g/mol. The van der Waals surface area contributed by atoms with Gasteiger partial charge in [-0.15, -0.1) is 5.10 Å². The van der Waals surface area contributed by atoms with Crippen molar-refractivity contribution < 1.29 is 0 Å². The number of aromatic nitrogens is 3. The fourth-order valence-corrected chi connectivity index (χ4v) is 1.78. The fraction of sp³-hybridized carbons (Fsp3) is 0.800. The summed E-state index contributed by atoms with van der Waals surface area (Å²) >= 11 is 0. The van der Waals surface area contributed by atoms with Crippen LogP contribution in [0.3, 0.4) is 0 Å². The van der Waals surface area contributed by atoms with Crippen molar-refractivity contribution in [2.45, 2.75) is 32.7 Å². The molecule has 1 saturated heterocycles. The van der Waals surface area contributed by atoms with Gasteiger partial charge in [-0.1, -0.05) is 13.8 Å². The minimum atomic E-state index is 0.409. The number of piperazine rings is 1. The van der Waals surface area contributed by atoms with Gasteiger partial charge in [-0.2, -0.15) is 4.98 Å². The average molecular weight is 209 g/mol. The second-order valence-corrected chi connectivity index (χ2v) is 4.48. The van der Waals surface area contributed by atoms with E-state index in [4.69, 9.17) is 0 Å². The second kappa shape index (κ2) is 4.18. The molecular formula is C10H19N5. The van der Waals surface area contributed by atoms with Crippen molar-refractivity contribution in [2.24, 2.45) is 0 Å². The zero-order chi connectivity index (χ0) is 10.8. The molecule has 15 heavy (non-hydrogen) atoms. The summed E-state index contributed by atoms with van der Waals surface area (Å²) in [5.74, 6) is 2.22. The highest BCUT2D eigenvalue weighted by Crippen LogP contribution is 2.14. The van der Waals surface area contributed by atoms with Crippen molar-refractivity contribution in [2.75, 3.05) is 24.5 Å². The van der Waals surface area contributed by atoms with Gasteiger partial charge in [0.2, 0.25) is 5.95 Å². The predicted molar refractivity (Wildman–Crippen MR) is 60.1 cm³/mol. The maximum Gasteiger partial charge on any atom is 0.244 e. The molecule has 2 N–H and O–H groups in total. The number of anilines is 1. The molecule has 0 unspecified atom stereocenters. The van der Waals surface area contributed by atoms with E-state index in [1.807, 2.05) is 0 Å². The molecule has 1 aromatic rings. The van der Waals surface area contributed by atoms with Crippen molar-refractivity contribution in [3.63, 3.8) is 0 Å². The van der Waals surface area contributed by atoms with Crippen molar-refractivity contribution in [3.8, 4) is 0 Å². The highest BCUT2D eigenvalue weighted by atomic mass is 15.4. The van der Waals surface area contributed by atoms with Crippen LogP contribution in [0.2, 0.25) is 0 Å². The molecule has 1 fully saturated rings. The Bertz CT molecular complexity index is 319. The molecule has 0 aromatic carbocycles. The molecule has 1 aliphatic heterocycles. The summed E-state index contributed by atoms with van der Waals surface area (Å²) in [5, 5.41) is 10.7. The van der Waals surface area contributed by atoms with Crippen LogP contribution in [0, 0.1) is 0 Å². The molecule has 84 valence electrons. The van der Waals surface area contributed by atoms with Gasteiger partial charge in [-0.05, 0) is 6.92 Å². The molecular weight excluding hydrogens is 190 g/mol. The van der Waals surface area contributed by atoms with Gasteiger partial charge in [0.15, 0.2) is 0 Å². The summed E-state index contributed by atoms with van der Waals surface area (Å²) in [6.07, 6.45) is 0. The van der Waals surface area contributed by atoms with E-state index in [2.05, 4.69) is 46.2 Å². The smallest absolute Gasteiger partial charge is 0.244 e. The number of nitrogens with zero attached hydrogens (tertiary/aromatic N) is 3. The van der Waals surface area contributed by atoms with E-state index < -0.39 is 0 Å². The van der Waals surface area contributed by atoms with Crippen LogP contribution in [0.5, 0.6) is 0 Å². The summed E-state index contributed by atoms with van der Waals surface area (Å²) in [5.41, 5.74) is 0. The first-order valence-corrected chi connectivity index (χ1v) is 5.57. The van der Waals surface area contributed by atoms with Crippen molar-refractivity contribution in [3.05, 3.63) is 5.82 Å². The van der Waals surface area contributed by atoms with Crippen LogP contribution in [0.1, 0.15) is 32.5 Å². The predicted octanol–water partition coefficient (Wildman–Crippen LogP) is 0.726. The molecule has 2 rings (SSSR count). The molecule has 0 spiro atoms. The standard InChI is InChI=1S/C10H19N5/c1-7(2)9-12-10(14-13-9)15-5-4-11-8(3)6-15/h7-8,11H,4-6H2,1-3H3,(H,12,13,14)/t8-/m0/s1. The van der Waals surface area contributed by atoms with Gasteiger partial charge in [0, 0.05) is 31.6 Å². The Balaban J connectivity index is 2.08. The second-order valence-electron chi connectivity index (χ2n) is 4.48. The molecule has 0 saturated carbocycles. The van der Waals surface area contributed by atoms with E-state index >= 15 is 0 Å². The topological polar surface area (TPSA) is 56.8 Å². The van der Waals surface area contributed by atoms with Gasteiger partial charge in [0.1, 0.15) is 5.82 Å². The number of aromatic amines is 1. The Morgan fingerprint density at radius 1 is 1.47 bits per heavy atom. The van der Waals surface area contributed by atoms with Crippen LogP contribution in [0.25, 0.3) is 0 Å². The Labute approximate surface area is 90.3 Å². The summed E-state index contributed by atoms with van der Waals surface area (Å²) in [6.45, 7) is 9.39. The van der Waals surface area contributed by atoms with Gasteiger partial charge in [0.05, 0.1) is 0 Å². The number of nitrogens with one attached hydrogen (secondary N) is 2. The van der Waals surface area contributed by atoms with E-state index in [1.54, 1.807) is 0 Å². The summed E-state index contributed by atoms with van der Waals surface area (Å²) in [6, 6.07) is 0.514. The number of rotatable bonds is 2. The van der Waals surface area contributed by atoms with Crippen molar-refractivity contribution >= 4 is 5.95 Å². The summed E-state index contributed by atoms with van der Waals surface area (Å²) < 4.78 is 0. The third kappa shape index (κ3) is 2.28. The van der Waals surface area contributed by atoms with E-state index in [0.717, 1.165) is 31.4 Å². The zero-order valence-electron chi connectivity index (χ0n) is 9.62. The van der Waals surface area contributed by atoms with E-state index in [-0.39, 0.29) is 0 Å². The summed E-state index contributed by atoms with van der Waals surface area (Å²) in [7, 11) is 0. The van der Waals surface area contributed by atoms with E-state index in [0.29, 0.717) is 12.0 Å². The first-order chi connectivity index (χ1) is 7.16. The Kier molecular flexibility index (Phi) is 2.90. The van der Waals surface area contributed by atoms with Crippen molar-refractivity contribution in [1.82, 2.24) is 20.5 Å². The highest BCUT2D eigenvalue weighted by molar-refractivity contribution is 5.30. The number of hydrogen-bond acceptors (Lipinski definition) is 4. The third-order valence-electron chi connectivity index (χ3n) is 2.69. The molecule has 1 aromatic heterocycles. The lowest BCUT2D eigenvalue weighted by atomic mass is 10.2. The lowest BCUT2D eigenvalue weighted by Gasteiger charge is -2.30. The minimum Gasteiger partial charge on any atom is -0.337 e. The third-order valence-corrected chi connectivity index (χ3v) is 2.69. The normalized spacial score (nSPS) is 22.4. The Morgan fingerprint density at radius 3 is 2.87 bits per heavy atom. The highest BCUT2D eigenvalue weighted by Gasteiger charge is 2.19. The first-order valence-electron chi connectivity index (χ1n) is 5.57. The van der Waals surface area contributed by atoms with Crippen molar-refractivity contribution in [1.29, 1.82) is 0 Å². The molecule has 0 amide bonds. The number of H-pyrrole nitrogens is 1. The quantitative estimate of drug-likeness (QED) is 0.754. The molecule has 2 heterocycles. The lowest BCUT2D eigenvalue weighted by Crippen LogP contribution is -2.49. The maximum absolute atomic E-state index is 4.50.